The third-order valence-electron chi connectivity index (χ3n) is 5.51. The maximum absolute atomic E-state index is 12.2. The van der Waals surface area contributed by atoms with E-state index in [1.54, 1.807) is 0 Å². The number of aryl methyl sites for hydroxylation is 1. The van der Waals surface area contributed by atoms with Crippen molar-refractivity contribution in [3.63, 3.8) is 0 Å². The lowest BCUT2D eigenvalue weighted by atomic mass is 9.92. The molecule has 1 aromatic carbocycles. The van der Waals surface area contributed by atoms with Gasteiger partial charge in [-0.15, -0.1) is 0 Å². The Morgan fingerprint density at radius 3 is 2.43 bits per heavy atom. The molecule has 0 saturated carbocycles. The van der Waals surface area contributed by atoms with Crippen LogP contribution in [0.4, 0.5) is 11.5 Å². The van der Waals surface area contributed by atoms with E-state index in [-0.39, 0.29) is 30.7 Å². The van der Waals surface area contributed by atoms with Gasteiger partial charge in [-0.2, -0.15) is 0 Å². The molecule has 162 valence electrons. The summed E-state index contributed by atoms with van der Waals surface area (Å²) in [6, 6.07) is 8.04. The van der Waals surface area contributed by atoms with Crippen LogP contribution in [-0.2, 0) is 9.59 Å². The predicted octanol–water partition coefficient (Wildman–Crippen LogP) is 4.27. The molecule has 1 aliphatic heterocycles. The number of pyridine rings is 1. The van der Waals surface area contributed by atoms with E-state index in [0.29, 0.717) is 11.8 Å². The van der Waals surface area contributed by atoms with Crippen molar-refractivity contribution in [1.82, 2.24) is 10.3 Å². The molecule has 6 heteroatoms. The minimum Gasteiger partial charge on any atom is -0.356 e. The number of benzene rings is 1. The third kappa shape index (κ3) is 5.71. The van der Waals surface area contributed by atoms with E-state index in [0.717, 1.165) is 41.1 Å². The largest absolute Gasteiger partial charge is 0.356 e. The summed E-state index contributed by atoms with van der Waals surface area (Å²) in [5.41, 5.74) is 2.81. The highest BCUT2D eigenvalue weighted by Crippen LogP contribution is 2.29. The zero-order valence-electron chi connectivity index (χ0n) is 18.8. The van der Waals surface area contributed by atoms with Gasteiger partial charge < -0.3 is 15.5 Å². The highest BCUT2D eigenvalue weighted by Gasteiger charge is 2.23. The highest BCUT2D eigenvalue weighted by molar-refractivity contribution is 5.96. The number of nitrogens with zero attached hydrogens (tertiary/aromatic N) is 2. The second-order valence-corrected chi connectivity index (χ2v) is 9.15. The minimum absolute atomic E-state index is 0.0813. The normalized spacial score (nSPS) is 19.2. The number of nitrogens with one attached hydrogen (secondary N) is 2. The molecule has 0 radical (unpaired) electrons. The van der Waals surface area contributed by atoms with Gasteiger partial charge in [-0.1, -0.05) is 13.8 Å². The van der Waals surface area contributed by atoms with Gasteiger partial charge in [-0.3, -0.25) is 9.59 Å². The molecule has 1 aliphatic rings. The second kappa shape index (κ2) is 9.45. The van der Waals surface area contributed by atoms with E-state index < -0.39 is 0 Å². The molecule has 1 fully saturated rings. The summed E-state index contributed by atoms with van der Waals surface area (Å²) in [7, 11) is 0. The van der Waals surface area contributed by atoms with Crippen LogP contribution in [0.15, 0.2) is 24.3 Å². The smallest absolute Gasteiger partial charge is 0.224 e. The standard InChI is InChI=1S/C24H34N4O2/c1-15(2)25-23(29)8-9-24(30)26-19-6-7-21-20(12-19)18(5)11-22(27-21)28-13-16(3)10-17(4)14-28/h6-7,11-12,15-17H,8-10,13-14H2,1-5H3,(H,25,29)(H,26,30). The minimum atomic E-state index is -0.160. The fourth-order valence-corrected chi connectivity index (χ4v) is 4.31. The van der Waals surface area contributed by atoms with Crippen LogP contribution in [0, 0.1) is 18.8 Å². The highest BCUT2D eigenvalue weighted by atomic mass is 16.2. The number of aromatic nitrogens is 1. The zero-order chi connectivity index (χ0) is 21.8. The molecule has 2 N–H and O–H groups in total. The average Bonchev–Trinajstić information content (AvgIpc) is 2.65. The lowest BCUT2D eigenvalue weighted by Crippen LogP contribution is -2.39. The van der Waals surface area contributed by atoms with E-state index in [2.05, 4.69) is 42.4 Å². The summed E-state index contributed by atoms with van der Waals surface area (Å²) in [4.78, 5) is 31.3. The molecule has 1 saturated heterocycles. The number of rotatable bonds is 6. The molecule has 2 unspecified atom stereocenters. The Labute approximate surface area is 179 Å². The molecular weight excluding hydrogens is 376 g/mol. The van der Waals surface area contributed by atoms with Gasteiger partial charge in [0.2, 0.25) is 11.8 Å². The number of carbonyl (C=O) groups is 2. The fourth-order valence-electron chi connectivity index (χ4n) is 4.31. The molecule has 0 spiro atoms. The molecule has 2 aromatic rings. The summed E-state index contributed by atoms with van der Waals surface area (Å²) in [6.45, 7) is 12.6. The Morgan fingerprint density at radius 2 is 1.77 bits per heavy atom. The molecule has 2 amide bonds. The van der Waals surface area contributed by atoms with E-state index >= 15 is 0 Å². The number of hydrogen-bond donors (Lipinski definition) is 2. The fraction of sp³-hybridized carbons (Fsp3) is 0.542. The number of anilines is 2. The van der Waals surface area contributed by atoms with Crippen LogP contribution in [0.3, 0.4) is 0 Å². The van der Waals surface area contributed by atoms with Crippen LogP contribution in [0.5, 0.6) is 0 Å². The van der Waals surface area contributed by atoms with Crippen molar-refractivity contribution in [1.29, 1.82) is 0 Å². The maximum Gasteiger partial charge on any atom is 0.224 e. The van der Waals surface area contributed by atoms with E-state index in [9.17, 15) is 9.59 Å². The number of carbonyl (C=O) groups excluding carboxylic acids is 2. The SMILES string of the molecule is Cc1cc(N2CC(C)CC(C)C2)nc2ccc(NC(=O)CCC(=O)NC(C)C)cc12. The zero-order valence-corrected chi connectivity index (χ0v) is 18.8. The molecule has 6 nitrogen and oxygen atoms in total. The van der Waals surface area contributed by atoms with Gasteiger partial charge in [0.05, 0.1) is 5.52 Å². The third-order valence-corrected chi connectivity index (χ3v) is 5.51. The van der Waals surface area contributed by atoms with Crippen LogP contribution in [-0.4, -0.2) is 35.9 Å². The van der Waals surface area contributed by atoms with E-state index in [1.165, 1.54) is 6.42 Å². The number of fused-ring (bicyclic) bond motifs is 1. The lowest BCUT2D eigenvalue weighted by Gasteiger charge is -2.36. The average molecular weight is 411 g/mol. The molecule has 2 heterocycles. The first kappa shape index (κ1) is 22.1. The monoisotopic (exact) mass is 410 g/mol. The molecule has 0 bridgehead atoms. The van der Waals surface area contributed by atoms with Gasteiger partial charge in [0, 0.05) is 43.0 Å². The first-order valence-electron chi connectivity index (χ1n) is 11.0. The van der Waals surface area contributed by atoms with Crippen molar-refractivity contribution in [3.05, 3.63) is 29.8 Å². The van der Waals surface area contributed by atoms with Gasteiger partial charge in [-0.25, -0.2) is 4.98 Å². The molecule has 1 aromatic heterocycles. The van der Waals surface area contributed by atoms with Crippen LogP contribution in [0.2, 0.25) is 0 Å². The summed E-state index contributed by atoms with van der Waals surface area (Å²) in [5.74, 6) is 2.12. The Bertz CT molecular complexity index is 915. The molecule has 0 aliphatic carbocycles. The van der Waals surface area contributed by atoms with Gasteiger partial charge in [0.15, 0.2) is 0 Å². The van der Waals surface area contributed by atoms with Gasteiger partial charge in [0.1, 0.15) is 5.82 Å². The Kier molecular flexibility index (Phi) is 6.95. The van der Waals surface area contributed by atoms with Crippen LogP contribution < -0.4 is 15.5 Å². The van der Waals surface area contributed by atoms with Crippen LogP contribution >= 0.6 is 0 Å². The predicted molar refractivity (Wildman–Crippen MR) is 123 cm³/mol. The van der Waals surface area contributed by atoms with E-state index in [1.807, 2.05) is 32.0 Å². The topological polar surface area (TPSA) is 74.3 Å². The summed E-state index contributed by atoms with van der Waals surface area (Å²) < 4.78 is 0. The second-order valence-electron chi connectivity index (χ2n) is 9.15. The van der Waals surface area contributed by atoms with Crippen LogP contribution in [0.25, 0.3) is 10.9 Å². The maximum atomic E-state index is 12.2. The van der Waals surface area contributed by atoms with Gasteiger partial charge in [0.25, 0.3) is 0 Å². The molecular formula is C24H34N4O2. The van der Waals surface area contributed by atoms with Crippen LogP contribution in [0.1, 0.15) is 52.5 Å². The van der Waals surface area contributed by atoms with Crippen molar-refractivity contribution in [3.8, 4) is 0 Å². The van der Waals surface area contributed by atoms with Crippen molar-refractivity contribution in [2.75, 3.05) is 23.3 Å². The molecule has 3 rings (SSSR count). The summed E-state index contributed by atoms with van der Waals surface area (Å²) >= 11 is 0. The quantitative estimate of drug-likeness (QED) is 0.746. The van der Waals surface area contributed by atoms with Crippen molar-refractivity contribution in [2.45, 2.75) is 59.9 Å². The summed E-state index contributed by atoms with van der Waals surface area (Å²) in [6.07, 6.45) is 1.62. The number of hydrogen-bond acceptors (Lipinski definition) is 4. The lowest BCUT2D eigenvalue weighted by molar-refractivity contribution is -0.124. The Morgan fingerprint density at radius 1 is 1.10 bits per heavy atom. The summed E-state index contributed by atoms with van der Waals surface area (Å²) in [5, 5.41) is 6.74. The first-order chi connectivity index (χ1) is 14.2. The van der Waals surface area contributed by atoms with Crippen molar-refractivity contribution < 1.29 is 9.59 Å². The molecule has 30 heavy (non-hydrogen) atoms. The van der Waals surface area contributed by atoms with Gasteiger partial charge in [-0.05, 0) is 68.9 Å². The Balaban J connectivity index is 1.70. The molecule has 2 atom stereocenters. The number of piperidine rings is 1. The van der Waals surface area contributed by atoms with Gasteiger partial charge >= 0.3 is 0 Å². The first-order valence-corrected chi connectivity index (χ1v) is 11.0. The van der Waals surface area contributed by atoms with Crippen molar-refractivity contribution in [2.24, 2.45) is 11.8 Å². The van der Waals surface area contributed by atoms with E-state index in [4.69, 9.17) is 4.98 Å². The van der Waals surface area contributed by atoms with Crippen molar-refractivity contribution >= 4 is 34.2 Å². The Hall–Kier alpha value is -2.63. The number of amides is 2.